The van der Waals surface area contributed by atoms with Crippen LogP contribution in [0.3, 0.4) is 0 Å². The summed E-state index contributed by atoms with van der Waals surface area (Å²) in [5.41, 5.74) is 0.205. The first-order valence-electron chi connectivity index (χ1n) is 8.66. The summed E-state index contributed by atoms with van der Waals surface area (Å²) in [4.78, 5) is 18.5. The van der Waals surface area contributed by atoms with Crippen LogP contribution in [0.25, 0.3) is 0 Å². The van der Waals surface area contributed by atoms with Crippen LogP contribution in [-0.4, -0.2) is 67.9 Å². The molecule has 0 radical (unpaired) electrons. The Bertz CT molecular complexity index is 723. The molecule has 1 amide bonds. The fraction of sp³-hybridized carbons (Fsp3) is 0.647. The maximum absolute atomic E-state index is 12.7. The molecule has 0 aliphatic carbocycles. The summed E-state index contributed by atoms with van der Waals surface area (Å²) in [6.07, 6.45) is 6.61. The molecule has 1 atom stereocenters. The Kier molecular flexibility index (Phi) is 5.13. The van der Waals surface area contributed by atoms with Crippen molar-refractivity contribution in [3.05, 3.63) is 23.9 Å². The van der Waals surface area contributed by atoms with E-state index in [1.807, 2.05) is 0 Å². The average molecular weight is 367 g/mol. The van der Waals surface area contributed by atoms with Crippen molar-refractivity contribution in [2.45, 2.75) is 42.7 Å². The number of sulfonamides is 1. The molecular formula is C17H25N3O4S. The first kappa shape index (κ1) is 18.3. The second kappa shape index (κ2) is 7.01. The highest BCUT2D eigenvalue weighted by Crippen LogP contribution is 2.34. The minimum absolute atomic E-state index is 0.0564. The summed E-state index contributed by atoms with van der Waals surface area (Å²) >= 11 is 0. The van der Waals surface area contributed by atoms with Crippen molar-refractivity contribution in [2.75, 3.05) is 33.8 Å². The first-order chi connectivity index (χ1) is 11.8. The monoisotopic (exact) mass is 367 g/mol. The van der Waals surface area contributed by atoms with Gasteiger partial charge < -0.3 is 9.64 Å². The van der Waals surface area contributed by atoms with Gasteiger partial charge in [0.15, 0.2) is 5.03 Å². The van der Waals surface area contributed by atoms with Crippen LogP contribution < -0.4 is 0 Å². The van der Waals surface area contributed by atoms with Gasteiger partial charge >= 0.3 is 0 Å². The van der Waals surface area contributed by atoms with E-state index >= 15 is 0 Å². The zero-order valence-corrected chi connectivity index (χ0v) is 15.6. The Balaban J connectivity index is 1.72. The van der Waals surface area contributed by atoms with Crippen molar-refractivity contribution < 1.29 is 17.9 Å². The van der Waals surface area contributed by atoms with Crippen molar-refractivity contribution in [1.29, 1.82) is 0 Å². The molecule has 8 heteroatoms. The van der Waals surface area contributed by atoms with Gasteiger partial charge in [0.05, 0.1) is 17.7 Å². The van der Waals surface area contributed by atoms with E-state index in [4.69, 9.17) is 4.74 Å². The van der Waals surface area contributed by atoms with Crippen LogP contribution in [0.4, 0.5) is 0 Å². The molecule has 1 spiro atoms. The Morgan fingerprint density at radius 2 is 2.04 bits per heavy atom. The topological polar surface area (TPSA) is 79.8 Å². The lowest BCUT2D eigenvalue weighted by Gasteiger charge is -2.28. The maximum atomic E-state index is 12.7. The van der Waals surface area contributed by atoms with E-state index in [1.54, 1.807) is 4.90 Å². The number of amides is 1. The van der Waals surface area contributed by atoms with Crippen LogP contribution >= 0.6 is 0 Å². The van der Waals surface area contributed by atoms with Gasteiger partial charge in [0.1, 0.15) is 0 Å². The van der Waals surface area contributed by atoms with Gasteiger partial charge in [-0.25, -0.2) is 17.7 Å². The Labute approximate surface area is 149 Å². The van der Waals surface area contributed by atoms with Crippen LogP contribution in [-0.2, 0) is 14.8 Å². The predicted octanol–water partition coefficient (Wildman–Crippen LogP) is 1.51. The standard InChI is InChI=1S/C17H25N3O4S/c1-19(2)25(22,23)15-7-6-14(12-18-15)16(21)20-10-9-17(13-20)8-4-3-5-11-24-17/h6-7,12H,3-5,8-11,13H2,1-2H3. The molecule has 0 N–H and O–H groups in total. The van der Waals surface area contributed by atoms with E-state index < -0.39 is 10.0 Å². The number of aromatic nitrogens is 1. The molecule has 2 aliphatic heterocycles. The quantitative estimate of drug-likeness (QED) is 0.809. The molecular weight excluding hydrogens is 342 g/mol. The number of likely N-dealkylation sites (tertiary alicyclic amines) is 1. The maximum Gasteiger partial charge on any atom is 0.260 e. The highest BCUT2D eigenvalue weighted by atomic mass is 32.2. The highest BCUT2D eigenvalue weighted by molar-refractivity contribution is 7.89. The average Bonchev–Trinajstić information content (AvgIpc) is 2.87. The summed E-state index contributed by atoms with van der Waals surface area (Å²) in [6, 6.07) is 2.92. The molecule has 1 aromatic rings. The number of pyridine rings is 1. The third-order valence-corrected chi connectivity index (χ3v) is 6.75. The number of nitrogens with zero attached hydrogens (tertiary/aromatic N) is 3. The molecule has 2 fully saturated rings. The lowest BCUT2D eigenvalue weighted by Crippen LogP contribution is -2.38. The normalized spacial score (nSPS) is 24.7. The zero-order chi connectivity index (χ0) is 18.1. The molecule has 3 rings (SSSR count). The molecule has 2 saturated heterocycles. The van der Waals surface area contributed by atoms with E-state index in [1.165, 1.54) is 38.8 Å². The van der Waals surface area contributed by atoms with E-state index in [-0.39, 0.29) is 16.5 Å². The van der Waals surface area contributed by atoms with Crippen LogP contribution in [0.15, 0.2) is 23.4 Å². The van der Waals surface area contributed by atoms with E-state index in [0.29, 0.717) is 18.7 Å². The van der Waals surface area contributed by atoms with Crippen LogP contribution in [0.2, 0.25) is 0 Å². The number of hydrogen-bond acceptors (Lipinski definition) is 5. The minimum Gasteiger partial charge on any atom is -0.373 e. The third-order valence-electron chi connectivity index (χ3n) is 5.02. The van der Waals surface area contributed by atoms with Gasteiger partial charge in [0.25, 0.3) is 15.9 Å². The molecule has 1 unspecified atom stereocenters. The predicted molar refractivity (Wildman–Crippen MR) is 92.8 cm³/mol. The summed E-state index contributed by atoms with van der Waals surface area (Å²) in [5.74, 6) is -0.119. The van der Waals surface area contributed by atoms with E-state index in [9.17, 15) is 13.2 Å². The van der Waals surface area contributed by atoms with Crippen molar-refractivity contribution in [2.24, 2.45) is 0 Å². The number of carbonyl (C=O) groups excluding carboxylic acids is 1. The number of rotatable bonds is 3. The van der Waals surface area contributed by atoms with Crippen molar-refractivity contribution in [1.82, 2.24) is 14.2 Å². The summed E-state index contributed by atoms with van der Waals surface area (Å²) in [7, 11) is -0.686. The fourth-order valence-electron chi connectivity index (χ4n) is 3.46. The van der Waals surface area contributed by atoms with Gasteiger partial charge in [-0.3, -0.25) is 4.79 Å². The summed E-state index contributed by atoms with van der Waals surface area (Å²) in [6.45, 7) is 2.03. The van der Waals surface area contributed by atoms with E-state index in [2.05, 4.69) is 4.98 Å². The molecule has 7 nitrogen and oxygen atoms in total. The second-order valence-electron chi connectivity index (χ2n) is 6.99. The van der Waals surface area contributed by atoms with Gasteiger partial charge in [-0.1, -0.05) is 12.8 Å². The minimum atomic E-state index is -3.59. The summed E-state index contributed by atoms with van der Waals surface area (Å²) < 4.78 is 31.3. The molecule has 0 bridgehead atoms. The fourth-order valence-corrected chi connectivity index (χ4v) is 4.26. The molecule has 25 heavy (non-hydrogen) atoms. The number of ether oxygens (including phenoxy) is 1. The number of hydrogen-bond donors (Lipinski definition) is 0. The Morgan fingerprint density at radius 1 is 1.24 bits per heavy atom. The van der Waals surface area contributed by atoms with Gasteiger partial charge in [0, 0.05) is 33.4 Å². The van der Waals surface area contributed by atoms with Crippen molar-refractivity contribution in [3.63, 3.8) is 0 Å². The number of carbonyl (C=O) groups is 1. The Hall–Kier alpha value is -1.51. The smallest absolute Gasteiger partial charge is 0.260 e. The molecule has 138 valence electrons. The molecule has 0 aromatic carbocycles. The second-order valence-corrected chi connectivity index (χ2v) is 9.09. The lowest BCUT2D eigenvalue weighted by atomic mass is 9.96. The van der Waals surface area contributed by atoms with Crippen molar-refractivity contribution >= 4 is 15.9 Å². The van der Waals surface area contributed by atoms with Gasteiger partial charge in [-0.2, -0.15) is 0 Å². The lowest BCUT2D eigenvalue weighted by molar-refractivity contribution is -0.0327. The van der Waals surface area contributed by atoms with Crippen LogP contribution in [0, 0.1) is 0 Å². The van der Waals surface area contributed by atoms with Gasteiger partial charge in [0.2, 0.25) is 0 Å². The molecule has 3 heterocycles. The molecule has 1 aromatic heterocycles. The molecule has 2 aliphatic rings. The van der Waals surface area contributed by atoms with Gasteiger partial charge in [-0.05, 0) is 31.4 Å². The van der Waals surface area contributed by atoms with Gasteiger partial charge in [-0.15, -0.1) is 0 Å². The van der Waals surface area contributed by atoms with Crippen molar-refractivity contribution in [3.8, 4) is 0 Å². The first-order valence-corrected chi connectivity index (χ1v) is 10.1. The highest BCUT2D eigenvalue weighted by Gasteiger charge is 2.41. The largest absolute Gasteiger partial charge is 0.373 e. The van der Waals surface area contributed by atoms with Crippen LogP contribution in [0.1, 0.15) is 42.5 Å². The third kappa shape index (κ3) is 3.70. The van der Waals surface area contributed by atoms with E-state index in [0.717, 1.165) is 36.6 Å². The summed E-state index contributed by atoms with van der Waals surface area (Å²) in [5, 5.41) is -0.0564. The Morgan fingerprint density at radius 3 is 2.72 bits per heavy atom. The van der Waals surface area contributed by atoms with Crippen LogP contribution in [0.5, 0.6) is 0 Å². The zero-order valence-electron chi connectivity index (χ0n) is 14.8. The molecule has 0 saturated carbocycles. The SMILES string of the molecule is CN(C)S(=O)(=O)c1ccc(C(=O)N2CCC3(CCCCCO3)C2)cn1.